The van der Waals surface area contributed by atoms with E-state index in [4.69, 9.17) is 4.74 Å². The van der Waals surface area contributed by atoms with Crippen LogP contribution in [0.5, 0.6) is 5.75 Å². The van der Waals surface area contributed by atoms with Gasteiger partial charge in [-0.15, -0.1) is 0 Å². The Bertz CT molecular complexity index is 793. The molecule has 1 fully saturated rings. The maximum atomic E-state index is 13.0. The van der Waals surface area contributed by atoms with Crippen LogP contribution in [0.1, 0.15) is 30.0 Å². The molecule has 3 unspecified atom stereocenters. The van der Waals surface area contributed by atoms with Crippen molar-refractivity contribution in [3.8, 4) is 5.75 Å². The van der Waals surface area contributed by atoms with Crippen LogP contribution in [0.15, 0.2) is 36.7 Å². The Balaban J connectivity index is 1.46. The summed E-state index contributed by atoms with van der Waals surface area (Å²) in [6.45, 7) is 3.43. The first-order valence-corrected chi connectivity index (χ1v) is 10.1. The lowest BCUT2D eigenvalue weighted by Crippen LogP contribution is -2.50. The van der Waals surface area contributed by atoms with E-state index in [1.807, 2.05) is 54.3 Å². The van der Waals surface area contributed by atoms with Crippen LogP contribution in [0.25, 0.3) is 0 Å². The van der Waals surface area contributed by atoms with E-state index >= 15 is 0 Å². The van der Waals surface area contributed by atoms with Gasteiger partial charge in [-0.1, -0.05) is 18.2 Å². The number of aromatic nitrogens is 2. The van der Waals surface area contributed by atoms with E-state index in [0.29, 0.717) is 6.61 Å². The van der Waals surface area contributed by atoms with E-state index < -0.39 is 0 Å². The van der Waals surface area contributed by atoms with Crippen molar-refractivity contribution >= 4 is 17.8 Å². The first-order chi connectivity index (χ1) is 12.6. The molecule has 0 saturated carbocycles. The van der Waals surface area contributed by atoms with Gasteiger partial charge >= 0.3 is 6.03 Å². The fourth-order valence-corrected chi connectivity index (χ4v) is 4.80. The molecule has 138 valence electrons. The largest absolute Gasteiger partial charge is 0.493 e. The molecular weight excluding hydrogens is 348 g/mol. The fraction of sp³-hybridized carbons (Fsp3) is 0.474. The van der Waals surface area contributed by atoms with Crippen LogP contribution >= 0.6 is 11.8 Å². The van der Waals surface area contributed by atoms with Crippen molar-refractivity contribution in [2.24, 2.45) is 7.05 Å². The molecular formula is C19H24N4O2S. The number of nitrogens with one attached hydrogen (secondary N) is 1. The number of hydrogen-bond acceptors (Lipinski definition) is 4. The molecule has 3 heterocycles. The SMILES string of the molecule is CC(NC(=O)N1CCSCC1c1cnn(C)c1)C1COc2ccccc21. The summed E-state index contributed by atoms with van der Waals surface area (Å²) in [5, 5.41) is 7.48. The molecule has 2 aliphatic heterocycles. The number of thioether (sulfide) groups is 1. The zero-order valence-electron chi connectivity index (χ0n) is 15.1. The molecule has 0 aliphatic carbocycles. The van der Waals surface area contributed by atoms with Crippen LogP contribution in [0.2, 0.25) is 0 Å². The van der Waals surface area contributed by atoms with E-state index in [-0.39, 0.29) is 24.0 Å². The molecule has 2 aromatic rings. The number of ether oxygens (including phenoxy) is 1. The Kier molecular flexibility index (Phi) is 4.80. The molecule has 1 aromatic carbocycles. The second-order valence-corrected chi connectivity index (χ2v) is 8.07. The molecule has 3 atom stereocenters. The lowest BCUT2D eigenvalue weighted by molar-refractivity contribution is 0.176. The monoisotopic (exact) mass is 372 g/mol. The molecule has 6 nitrogen and oxygen atoms in total. The zero-order valence-corrected chi connectivity index (χ0v) is 15.9. The highest BCUT2D eigenvalue weighted by molar-refractivity contribution is 7.99. The third-order valence-electron chi connectivity index (χ3n) is 5.19. The first kappa shape index (κ1) is 17.3. The first-order valence-electron chi connectivity index (χ1n) is 8.98. The summed E-state index contributed by atoms with van der Waals surface area (Å²) in [7, 11) is 1.91. The number of carbonyl (C=O) groups excluding carboxylic acids is 1. The summed E-state index contributed by atoms with van der Waals surface area (Å²) in [6, 6.07) is 8.16. The number of urea groups is 1. The van der Waals surface area contributed by atoms with Gasteiger partial charge < -0.3 is 15.0 Å². The average Bonchev–Trinajstić information content (AvgIpc) is 3.28. The minimum atomic E-state index is -0.00367. The Morgan fingerprint density at radius 2 is 2.27 bits per heavy atom. The van der Waals surface area contributed by atoms with Crippen LogP contribution in [-0.2, 0) is 7.05 Å². The Labute approximate surface area is 157 Å². The Morgan fingerprint density at radius 1 is 1.42 bits per heavy atom. The smallest absolute Gasteiger partial charge is 0.318 e. The molecule has 7 heteroatoms. The molecule has 0 bridgehead atoms. The van der Waals surface area contributed by atoms with E-state index in [0.717, 1.165) is 29.4 Å². The van der Waals surface area contributed by atoms with E-state index in [2.05, 4.69) is 23.4 Å². The lowest BCUT2D eigenvalue weighted by atomic mass is 9.94. The van der Waals surface area contributed by atoms with Crippen molar-refractivity contribution in [3.05, 3.63) is 47.8 Å². The number of para-hydroxylation sites is 1. The third-order valence-corrected chi connectivity index (χ3v) is 6.21. The summed E-state index contributed by atoms with van der Waals surface area (Å²) < 4.78 is 7.56. The summed E-state index contributed by atoms with van der Waals surface area (Å²) in [6.07, 6.45) is 3.86. The molecule has 0 radical (unpaired) electrons. The summed E-state index contributed by atoms with van der Waals surface area (Å²) in [4.78, 5) is 15.0. The zero-order chi connectivity index (χ0) is 18.1. The number of rotatable bonds is 3. The van der Waals surface area contributed by atoms with Gasteiger partial charge in [0.1, 0.15) is 5.75 Å². The molecule has 4 rings (SSSR count). The minimum absolute atomic E-state index is 0.00367. The number of nitrogens with zero attached hydrogens (tertiary/aromatic N) is 3. The highest BCUT2D eigenvalue weighted by atomic mass is 32.2. The number of fused-ring (bicyclic) bond motifs is 1. The second-order valence-electron chi connectivity index (χ2n) is 6.92. The van der Waals surface area contributed by atoms with Gasteiger partial charge in [0.05, 0.1) is 18.8 Å². The van der Waals surface area contributed by atoms with Gasteiger partial charge in [0, 0.05) is 54.4 Å². The maximum Gasteiger partial charge on any atom is 0.318 e. The molecule has 1 saturated heterocycles. The van der Waals surface area contributed by atoms with Gasteiger partial charge in [-0.2, -0.15) is 16.9 Å². The summed E-state index contributed by atoms with van der Waals surface area (Å²) in [5.41, 5.74) is 2.27. The number of amides is 2. The highest BCUT2D eigenvalue weighted by Gasteiger charge is 2.33. The predicted octanol–water partition coefficient (Wildman–Crippen LogP) is 2.78. The summed E-state index contributed by atoms with van der Waals surface area (Å²) in [5.74, 6) is 2.99. The average molecular weight is 372 g/mol. The van der Waals surface area contributed by atoms with Gasteiger partial charge in [0.15, 0.2) is 0 Å². The second kappa shape index (κ2) is 7.23. The van der Waals surface area contributed by atoms with Crippen LogP contribution in [0.4, 0.5) is 4.79 Å². The van der Waals surface area contributed by atoms with E-state index in [1.165, 1.54) is 5.56 Å². The minimum Gasteiger partial charge on any atom is -0.493 e. The van der Waals surface area contributed by atoms with Crippen molar-refractivity contribution in [3.63, 3.8) is 0 Å². The normalized spacial score (nSPS) is 23.2. The Hall–Kier alpha value is -2.15. The van der Waals surface area contributed by atoms with Crippen molar-refractivity contribution in [1.82, 2.24) is 20.0 Å². The maximum absolute atomic E-state index is 13.0. The van der Waals surface area contributed by atoms with Crippen molar-refractivity contribution < 1.29 is 9.53 Å². The topological polar surface area (TPSA) is 59.4 Å². The van der Waals surface area contributed by atoms with Gasteiger partial charge in [0.2, 0.25) is 0 Å². The Morgan fingerprint density at radius 3 is 3.08 bits per heavy atom. The quantitative estimate of drug-likeness (QED) is 0.900. The molecule has 2 aliphatic rings. The molecule has 1 aromatic heterocycles. The lowest BCUT2D eigenvalue weighted by Gasteiger charge is -2.36. The van der Waals surface area contributed by atoms with Crippen LogP contribution in [0, 0.1) is 0 Å². The van der Waals surface area contributed by atoms with E-state index in [1.54, 1.807) is 4.68 Å². The fourth-order valence-electron chi connectivity index (χ4n) is 3.71. The van der Waals surface area contributed by atoms with Crippen LogP contribution in [0.3, 0.4) is 0 Å². The predicted molar refractivity (Wildman–Crippen MR) is 103 cm³/mol. The third kappa shape index (κ3) is 3.28. The van der Waals surface area contributed by atoms with Gasteiger partial charge in [-0.05, 0) is 13.0 Å². The highest BCUT2D eigenvalue weighted by Crippen LogP contribution is 2.36. The van der Waals surface area contributed by atoms with Crippen molar-refractivity contribution in [2.45, 2.75) is 24.9 Å². The standard InChI is InChI=1S/C19H24N4O2S/c1-13(16-11-25-18-6-4-3-5-15(16)18)21-19(24)23-7-8-26-12-17(23)14-9-20-22(2)10-14/h3-6,9-10,13,16-17H,7-8,11-12H2,1-2H3,(H,21,24). The van der Waals surface area contributed by atoms with Crippen LogP contribution in [-0.4, -0.2) is 51.4 Å². The molecule has 26 heavy (non-hydrogen) atoms. The molecule has 1 N–H and O–H groups in total. The molecule has 2 amide bonds. The number of aryl methyl sites for hydroxylation is 1. The summed E-state index contributed by atoms with van der Waals surface area (Å²) >= 11 is 1.88. The van der Waals surface area contributed by atoms with E-state index in [9.17, 15) is 4.79 Å². The molecule has 0 spiro atoms. The van der Waals surface area contributed by atoms with Crippen molar-refractivity contribution in [1.29, 1.82) is 0 Å². The number of benzene rings is 1. The van der Waals surface area contributed by atoms with Crippen molar-refractivity contribution in [2.75, 3.05) is 24.7 Å². The number of hydrogen-bond donors (Lipinski definition) is 1. The van der Waals surface area contributed by atoms with Gasteiger partial charge in [-0.25, -0.2) is 4.79 Å². The number of carbonyl (C=O) groups is 1. The van der Waals surface area contributed by atoms with Gasteiger partial charge in [-0.3, -0.25) is 4.68 Å². The van der Waals surface area contributed by atoms with Crippen LogP contribution < -0.4 is 10.1 Å². The van der Waals surface area contributed by atoms with Gasteiger partial charge in [0.25, 0.3) is 0 Å².